The molecule has 0 unspecified atom stereocenters. The van der Waals surface area contributed by atoms with Crippen LogP contribution in [0, 0.1) is 13.8 Å². The number of benzene rings is 1. The van der Waals surface area contributed by atoms with E-state index < -0.39 is 0 Å². The lowest BCUT2D eigenvalue weighted by Crippen LogP contribution is -2.38. The molecule has 0 saturated heterocycles. The van der Waals surface area contributed by atoms with E-state index in [1.165, 1.54) is 5.56 Å². The number of hydrogen-bond acceptors (Lipinski definition) is 4. The van der Waals surface area contributed by atoms with Gasteiger partial charge in [0.05, 0.1) is 20.2 Å². The van der Waals surface area contributed by atoms with Crippen molar-refractivity contribution in [1.29, 1.82) is 0 Å². The summed E-state index contributed by atoms with van der Waals surface area (Å²) in [6.07, 6.45) is 2.23. The molecule has 142 valence electrons. The number of guanidine groups is 1. The third-order valence-corrected chi connectivity index (χ3v) is 4.27. The first-order chi connectivity index (χ1) is 12.5. The van der Waals surface area contributed by atoms with E-state index in [0.29, 0.717) is 13.1 Å². The van der Waals surface area contributed by atoms with Gasteiger partial charge in [-0.3, -0.25) is 0 Å². The van der Waals surface area contributed by atoms with Crippen molar-refractivity contribution in [2.45, 2.75) is 46.7 Å². The second-order valence-electron chi connectivity index (χ2n) is 6.34. The lowest BCUT2D eigenvalue weighted by Gasteiger charge is -2.13. The maximum atomic E-state index is 5.47. The summed E-state index contributed by atoms with van der Waals surface area (Å²) in [5.74, 6) is 3.40. The number of unbranched alkanes of at least 4 members (excludes halogenated alkanes) is 1. The smallest absolute Gasteiger partial charge is 0.191 e. The topological polar surface area (TPSA) is 76.4 Å². The number of aromatic nitrogens is 3. The highest BCUT2D eigenvalue weighted by Gasteiger charge is 2.07. The van der Waals surface area contributed by atoms with Gasteiger partial charge in [0.2, 0.25) is 0 Å². The SMILES string of the molecule is CCCCNC(=NCc1ccc(C)cc1OC)NCc1nnc(C)n1C. The van der Waals surface area contributed by atoms with Crippen molar-refractivity contribution in [3.63, 3.8) is 0 Å². The zero-order chi connectivity index (χ0) is 18.9. The molecular formula is C19H30N6O. The number of rotatable bonds is 8. The van der Waals surface area contributed by atoms with Crippen LogP contribution in [-0.4, -0.2) is 34.4 Å². The van der Waals surface area contributed by atoms with E-state index in [2.05, 4.69) is 46.8 Å². The van der Waals surface area contributed by atoms with E-state index in [1.807, 2.05) is 24.6 Å². The van der Waals surface area contributed by atoms with Crippen LogP contribution in [0.4, 0.5) is 0 Å². The first-order valence-electron chi connectivity index (χ1n) is 9.05. The standard InChI is InChI=1S/C19H30N6O/c1-6-7-10-20-19(22-13-18-24-23-15(3)25(18)4)21-12-16-9-8-14(2)11-17(16)26-5/h8-9,11H,6-7,10,12-13H2,1-5H3,(H2,20,21,22). The fraction of sp³-hybridized carbons (Fsp3) is 0.526. The zero-order valence-electron chi connectivity index (χ0n) is 16.5. The van der Waals surface area contributed by atoms with Crippen LogP contribution in [0.25, 0.3) is 0 Å². The summed E-state index contributed by atoms with van der Waals surface area (Å²) in [7, 11) is 3.65. The van der Waals surface area contributed by atoms with Crippen LogP contribution >= 0.6 is 0 Å². The normalized spacial score (nSPS) is 11.5. The summed E-state index contributed by atoms with van der Waals surface area (Å²) in [4.78, 5) is 4.71. The van der Waals surface area contributed by atoms with Gasteiger partial charge in [-0.05, 0) is 31.9 Å². The van der Waals surface area contributed by atoms with Gasteiger partial charge in [-0.25, -0.2) is 4.99 Å². The highest BCUT2D eigenvalue weighted by molar-refractivity contribution is 5.79. The Morgan fingerprint density at radius 2 is 2.04 bits per heavy atom. The Morgan fingerprint density at radius 1 is 1.23 bits per heavy atom. The van der Waals surface area contributed by atoms with Crippen LogP contribution in [0.5, 0.6) is 5.75 Å². The predicted molar refractivity (Wildman–Crippen MR) is 104 cm³/mol. The van der Waals surface area contributed by atoms with Gasteiger partial charge in [0.25, 0.3) is 0 Å². The third-order valence-electron chi connectivity index (χ3n) is 4.27. The number of nitrogens with one attached hydrogen (secondary N) is 2. The number of nitrogens with zero attached hydrogens (tertiary/aromatic N) is 4. The largest absolute Gasteiger partial charge is 0.496 e. The summed E-state index contributed by atoms with van der Waals surface area (Å²) >= 11 is 0. The van der Waals surface area contributed by atoms with Crippen molar-refractivity contribution in [3.8, 4) is 5.75 Å². The van der Waals surface area contributed by atoms with Crippen LogP contribution in [-0.2, 0) is 20.1 Å². The minimum atomic E-state index is 0.544. The minimum Gasteiger partial charge on any atom is -0.496 e. The molecule has 0 atom stereocenters. The van der Waals surface area contributed by atoms with Crippen molar-refractivity contribution < 1.29 is 4.74 Å². The summed E-state index contributed by atoms with van der Waals surface area (Å²) in [6.45, 7) is 8.16. The minimum absolute atomic E-state index is 0.544. The molecule has 7 heteroatoms. The van der Waals surface area contributed by atoms with Crippen molar-refractivity contribution in [1.82, 2.24) is 25.4 Å². The summed E-state index contributed by atoms with van der Waals surface area (Å²) < 4.78 is 7.44. The number of aliphatic imine (C=N–C) groups is 1. The van der Waals surface area contributed by atoms with Gasteiger partial charge < -0.3 is 19.9 Å². The molecule has 0 aliphatic rings. The molecule has 1 heterocycles. The summed E-state index contributed by atoms with van der Waals surface area (Å²) in [5.41, 5.74) is 2.23. The van der Waals surface area contributed by atoms with Crippen LogP contribution < -0.4 is 15.4 Å². The average molecular weight is 358 g/mol. The van der Waals surface area contributed by atoms with Gasteiger partial charge in [0.15, 0.2) is 11.8 Å². The van der Waals surface area contributed by atoms with Crippen molar-refractivity contribution >= 4 is 5.96 Å². The van der Waals surface area contributed by atoms with Gasteiger partial charge >= 0.3 is 0 Å². The van der Waals surface area contributed by atoms with E-state index in [0.717, 1.165) is 48.3 Å². The maximum Gasteiger partial charge on any atom is 0.191 e. The Bertz CT molecular complexity index is 738. The van der Waals surface area contributed by atoms with Gasteiger partial charge in [0.1, 0.15) is 11.6 Å². The van der Waals surface area contributed by atoms with Gasteiger partial charge in [-0.15, -0.1) is 10.2 Å². The Kier molecular flexibility index (Phi) is 7.44. The quantitative estimate of drug-likeness (QED) is 0.431. The molecule has 1 aromatic heterocycles. The Morgan fingerprint density at radius 3 is 2.69 bits per heavy atom. The Labute approximate surface area is 155 Å². The van der Waals surface area contributed by atoms with Crippen LogP contribution in [0.2, 0.25) is 0 Å². The third kappa shape index (κ3) is 5.47. The van der Waals surface area contributed by atoms with Gasteiger partial charge in [-0.1, -0.05) is 25.5 Å². The second-order valence-corrected chi connectivity index (χ2v) is 6.34. The van der Waals surface area contributed by atoms with Crippen molar-refractivity contribution in [2.24, 2.45) is 12.0 Å². The fourth-order valence-electron chi connectivity index (χ4n) is 2.47. The molecule has 2 aromatic rings. The average Bonchev–Trinajstić information content (AvgIpc) is 2.96. The Balaban J connectivity index is 2.07. The molecule has 0 saturated carbocycles. The molecule has 0 bridgehead atoms. The van der Waals surface area contributed by atoms with E-state index in [9.17, 15) is 0 Å². The molecule has 1 aromatic carbocycles. The van der Waals surface area contributed by atoms with Crippen molar-refractivity contribution in [2.75, 3.05) is 13.7 Å². The molecule has 2 N–H and O–H groups in total. The Hall–Kier alpha value is -2.57. The lowest BCUT2D eigenvalue weighted by molar-refractivity contribution is 0.409. The molecule has 0 aliphatic carbocycles. The number of hydrogen-bond donors (Lipinski definition) is 2. The number of methoxy groups -OCH3 is 1. The molecule has 2 rings (SSSR count). The number of ether oxygens (including phenoxy) is 1. The molecule has 0 aliphatic heterocycles. The van der Waals surface area contributed by atoms with Crippen molar-refractivity contribution in [3.05, 3.63) is 41.0 Å². The zero-order valence-corrected chi connectivity index (χ0v) is 16.5. The summed E-state index contributed by atoms with van der Waals surface area (Å²) in [5, 5.41) is 15.0. The molecular weight excluding hydrogens is 328 g/mol. The molecule has 0 spiro atoms. The van der Waals surface area contributed by atoms with Gasteiger partial charge in [0, 0.05) is 19.2 Å². The summed E-state index contributed by atoms with van der Waals surface area (Å²) in [6, 6.07) is 6.17. The fourth-order valence-corrected chi connectivity index (χ4v) is 2.47. The predicted octanol–water partition coefficient (Wildman–Crippen LogP) is 2.48. The number of aryl methyl sites for hydroxylation is 2. The first-order valence-corrected chi connectivity index (χ1v) is 9.05. The molecule has 26 heavy (non-hydrogen) atoms. The maximum absolute atomic E-state index is 5.47. The van der Waals surface area contributed by atoms with E-state index in [1.54, 1.807) is 7.11 Å². The molecule has 0 fully saturated rings. The molecule has 0 amide bonds. The second kappa shape index (κ2) is 9.79. The van der Waals surface area contributed by atoms with Crippen LogP contribution in [0.1, 0.15) is 42.5 Å². The monoisotopic (exact) mass is 358 g/mol. The highest BCUT2D eigenvalue weighted by atomic mass is 16.5. The van der Waals surface area contributed by atoms with E-state index in [-0.39, 0.29) is 0 Å². The van der Waals surface area contributed by atoms with Gasteiger partial charge in [-0.2, -0.15) is 0 Å². The lowest BCUT2D eigenvalue weighted by atomic mass is 10.1. The molecule has 7 nitrogen and oxygen atoms in total. The van der Waals surface area contributed by atoms with E-state index >= 15 is 0 Å². The van der Waals surface area contributed by atoms with Crippen LogP contribution in [0.15, 0.2) is 23.2 Å². The van der Waals surface area contributed by atoms with Crippen LogP contribution in [0.3, 0.4) is 0 Å². The highest BCUT2D eigenvalue weighted by Crippen LogP contribution is 2.20. The first kappa shape index (κ1) is 19.8. The van der Waals surface area contributed by atoms with E-state index in [4.69, 9.17) is 9.73 Å². The molecule has 0 radical (unpaired) electrons.